The summed E-state index contributed by atoms with van der Waals surface area (Å²) in [5.74, 6) is 2.79. The van der Waals surface area contributed by atoms with Gasteiger partial charge in [0.15, 0.2) is 0 Å². The van der Waals surface area contributed by atoms with Crippen molar-refractivity contribution in [2.24, 2.45) is 0 Å². The molecule has 0 saturated heterocycles. The number of thiazole rings is 1. The summed E-state index contributed by atoms with van der Waals surface area (Å²) in [5.41, 5.74) is 1.01. The van der Waals surface area contributed by atoms with E-state index < -0.39 is 0 Å². The van der Waals surface area contributed by atoms with Crippen LogP contribution in [0.2, 0.25) is 0 Å². The van der Waals surface area contributed by atoms with Gasteiger partial charge in [-0.25, -0.2) is 4.98 Å². The van der Waals surface area contributed by atoms with Crippen LogP contribution in [0, 0.1) is 0 Å². The second-order valence-electron chi connectivity index (χ2n) is 2.42. The Bertz CT molecular complexity index is 225. The monoisotopic (exact) mass is 221 g/mol. The molecule has 68 valence electrons. The Labute approximate surface area is 86.5 Å². The van der Waals surface area contributed by atoms with Crippen molar-refractivity contribution in [3.8, 4) is 0 Å². The zero-order chi connectivity index (χ0) is 8.81. The first-order valence-corrected chi connectivity index (χ1v) is 6.50. The fraction of sp³-hybridized carbons (Fsp3) is 0.625. The van der Waals surface area contributed by atoms with Crippen molar-refractivity contribution in [2.45, 2.75) is 25.0 Å². The van der Waals surface area contributed by atoms with E-state index in [2.05, 4.69) is 11.9 Å². The maximum atomic E-state index is 5.64. The Morgan fingerprint density at radius 1 is 1.67 bits per heavy atom. The van der Waals surface area contributed by atoms with Crippen molar-refractivity contribution in [2.75, 3.05) is 5.75 Å². The van der Waals surface area contributed by atoms with Crippen LogP contribution in [0.4, 0.5) is 0 Å². The molecule has 0 aliphatic carbocycles. The summed E-state index contributed by atoms with van der Waals surface area (Å²) in [6.07, 6.45) is 1.23. The molecule has 0 aromatic carbocycles. The maximum absolute atomic E-state index is 5.64. The van der Waals surface area contributed by atoms with Gasteiger partial charge < -0.3 is 0 Å². The highest BCUT2D eigenvalue weighted by atomic mass is 35.5. The number of aromatic nitrogens is 1. The van der Waals surface area contributed by atoms with Crippen LogP contribution < -0.4 is 0 Å². The Morgan fingerprint density at radius 2 is 2.50 bits per heavy atom. The summed E-state index contributed by atoms with van der Waals surface area (Å²) in [4.78, 5) is 4.37. The van der Waals surface area contributed by atoms with E-state index in [9.17, 15) is 0 Å². The van der Waals surface area contributed by atoms with E-state index in [1.807, 2.05) is 17.1 Å². The number of thioether (sulfide) groups is 1. The van der Waals surface area contributed by atoms with E-state index >= 15 is 0 Å². The zero-order valence-corrected chi connectivity index (χ0v) is 9.44. The van der Waals surface area contributed by atoms with Gasteiger partial charge in [-0.05, 0) is 12.2 Å². The topological polar surface area (TPSA) is 12.9 Å². The molecule has 0 N–H and O–H groups in total. The normalized spacial score (nSPS) is 10.5. The predicted octanol–water partition coefficient (Wildman–Crippen LogP) is 3.53. The van der Waals surface area contributed by atoms with Crippen LogP contribution in [-0.2, 0) is 11.6 Å². The molecular formula is C8H12ClNS2. The van der Waals surface area contributed by atoms with E-state index in [1.165, 1.54) is 17.2 Å². The molecular weight excluding hydrogens is 210 g/mol. The first kappa shape index (κ1) is 10.4. The van der Waals surface area contributed by atoms with E-state index in [0.717, 1.165) is 11.4 Å². The second-order valence-corrected chi connectivity index (χ2v) is 4.73. The number of halogens is 1. The van der Waals surface area contributed by atoms with Gasteiger partial charge in [0.05, 0.1) is 11.6 Å². The van der Waals surface area contributed by atoms with Crippen LogP contribution in [0.15, 0.2) is 5.38 Å². The first-order chi connectivity index (χ1) is 5.86. The molecule has 0 spiro atoms. The first-order valence-electron chi connectivity index (χ1n) is 3.93. The van der Waals surface area contributed by atoms with Gasteiger partial charge >= 0.3 is 0 Å². The van der Waals surface area contributed by atoms with Gasteiger partial charge in [0.2, 0.25) is 0 Å². The third-order valence-corrected chi connectivity index (χ3v) is 3.84. The molecule has 12 heavy (non-hydrogen) atoms. The lowest BCUT2D eigenvalue weighted by atomic mass is 10.6. The highest BCUT2D eigenvalue weighted by Crippen LogP contribution is 2.18. The fourth-order valence-electron chi connectivity index (χ4n) is 0.780. The van der Waals surface area contributed by atoms with Gasteiger partial charge in [-0.2, -0.15) is 11.8 Å². The average Bonchev–Trinajstić information content (AvgIpc) is 2.53. The summed E-state index contributed by atoms with van der Waals surface area (Å²) in [5, 5.41) is 3.23. The van der Waals surface area contributed by atoms with Gasteiger partial charge in [-0.1, -0.05) is 6.92 Å². The molecule has 1 nitrogen and oxygen atoms in total. The van der Waals surface area contributed by atoms with Crippen LogP contribution in [-0.4, -0.2) is 10.7 Å². The molecule has 1 rings (SSSR count). The van der Waals surface area contributed by atoms with Crippen molar-refractivity contribution in [3.63, 3.8) is 0 Å². The highest BCUT2D eigenvalue weighted by Gasteiger charge is 1.99. The van der Waals surface area contributed by atoms with Crippen molar-refractivity contribution in [1.82, 2.24) is 4.98 Å². The van der Waals surface area contributed by atoms with Crippen LogP contribution in [0.3, 0.4) is 0 Å². The second kappa shape index (κ2) is 5.84. The van der Waals surface area contributed by atoms with Crippen LogP contribution >= 0.6 is 34.7 Å². The summed E-state index contributed by atoms with van der Waals surface area (Å²) in [7, 11) is 0. The van der Waals surface area contributed by atoms with Gasteiger partial charge in [-0.3, -0.25) is 0 Å². The Hall–Kier alpha value is 0.270. The van der Waals surface area contributed by atoms with Crippen molar-refractivity contribution < 1.29 is 0 Å². The summed E-state index contributed by atoms with van der Waals surface area (Å²) in [6, 6.07) is 0. The quantitative estimate of drug-likeness (QED) is 0.558. The van der Waals surface area contributed by atoms with Crippen molar-refractivity contribution >= 4 is 34.7 Å². The number of hydrogen-bond donors (Lipinski definition) is 0. The van der Waals surface area contributed by atoms with E-state index in [1.54, 1.807) is 11.3 Å². The number of nitrogens with zero attached hydrogens (tertiary/aromatic N) is 1. The largest absolute Gasteiger partial charge is 0.244 e. The Morgan fingerprint density at radius 3 is 3.08 bits per heavy atom. The molecule has 1 aromatic heterocycles. The van der Waals surface area contributed by atoms with Gasteiger partial charge in [0.1, 0.15) is 5.01 Å². The summed E-state index contributed by atoms with van der Waals surface area (Å²) in [6.45, 7) is 2.19. The minimum atomic E-state index is 0.537. The van der Waals surface area contributed by atoms with Gasteiger partial charge in [0, 0.05) is 11.1 Å². The molecule has 0 aliphatic heterocycles. The third kappa shape index (κ3) is 3.33. The third-order valence-electron chi connectivity index (χ3n) is 1.31. The molecule has 1 heterocycles. The molecule has 0 amide bonds. The standard InChI is InChI=1S/C8H12ClNS2/c1-2-3-11-6-8-10-7(4-9)5-12-8/h5H,2-4,6H2,1H3. The van der Waals surface area contributed by atoms with E-state index in [0.29, 0.717) is 5.88 Å². The summed E-state index contributed by atoms with van der Waals surface area (Å²) >= 11 is 9.28. The van der Waals surface area contributed by atoms with Crippen LogP contribution in [0.5, 0.6) is 0 Å². The average molecular weight is 222 g/mol. The zero-order valence-electron chi connectivity index (χ0n) is 7.05. The lowest BCUT2D eigenvalue weighted by molar-refractivity contribution is 1.10. The molecule has 0 radical (unpaired) electrons. The Kier molecular flexibility index (Phi) is 5.04. The number of alkyl halides is 1. The van der Waals surface area contributed by atoms with E-state index in [-0.39, 0.29) is 0 Å². The van der Waals surface area contributed by atoms with Gasteiger partial charge in [-0.15, -0.1) is 22.9 Å². The summed E-state index contributed by atoms with van der Waals surface area (Å²) < 4.78 is 0. The molecule has 0 fully saturated rings. The highest BCUT2D eigenvalue weighted by molar-refractivity contribution is 7.98. The number of rotatable bonds is 5. The van der Waals surface area contributed by atoms with E-state index in [4.69, 9.17) is 11.6 Å². The van der Waals surface area contributed by atoms with Crippen molar-refractivity contribution in [1.29, 1.82) is 0 Å². The molecule has 0 aliphatic rings. The van der Waals surface area contributed by atoms with Crippen LogP contribution in [0.25, 0.3) is 0 Å². The fourth-order valence-corrected chi connectivity index (χ4v) is 2.78. The number of hydrogen-bond acceptors (Lipinski definition) is 3. The molecule has 1 aromatic rings. The molecule has 0 atom stereocenters. The molecule has 0 unspecified atom stereocenters. The van der Waals surface area contributed by atoms with Crippen LogP contribution in [0.1, 0.15) is 24.0 Å². The molecule has 4 heteroatoms. The molecule has 0 saturated carbocycles. The van der Waals surface area contributed by atoms with Crippen molar-refractivity contribution in [3.05, 3.63) is 16.1 Å². The molecule has 0 bridgehead atoms. The minimum absolute atomic E-state index is 0.537. The maximum Gasteiger partial charge on any atom is 0.103 e. The lowest BCUT2D eigenvalue weighted by Crippen LogP contribution is -1.82. The Balaban J connectivity index is 2.31. The van der Waals surface area contributed by atoms with Gasteiger partial charge in [0.25, 0.3) is 0 Å². The SMILES string of the molecule is CCCSCc1nc(CCl)cs1. The minimum Gasteiger partial charge on any atom is -0.244 e. The lowest BCUT2D eigenvalue weighted by Gasteiger charge is -1.93. The smallest absolute Gasteiger partial charge is 0.103 e. The predicted molar refractivity (Wildman–Crippen MR) is 58.1 cm³/mol.